The summed E-state index contributed by atoms with van der Waals surface area (Å²) in [7, 11) is 0. The van der Waals surface area contributed by atoms with Crippen LogP contribution in [0.15, 0.2) is 48.6 Å². The molecule has 0 saturated heterocycles. The molecule has 3 heterocycles. The van der Waals surface area contributed by atoms with Gasteiger partial charge in [-0.05, 0) is 79.4 Å². The van der Waals surface area contributed by atoms with Crippen LogP contribution < -0.4 is 10.6 Å². The summed E-state index contributed by atoms with van der Waals surface area (Å²) in [5.41, 5.74) is 4.41. The van der Waals surface area contributed by atoms with Gasteiger partial charge >= 0.3 is 0 Å². The number of halogens is 2. The molecule has 0 radical (unpaired) electrons. The van der Waals surface area contributed by atoms with Gasteiger partial charge in [-0.15, -0.1) is 10.2 Å². The van der Waals surface area contributed by atoms with E-state index >= 15 is 8.78 Å². The maximum atomic E-state index is 15.3. The predicted octanol–water partition coefficient (Wildman–Crippen LogP) is 4.02. The number of nitrogens with zero attached hydrogens (tertiary/aromatic N) is 3. The summed E-state index contributed by atoms with van der Waals surface area (Å²) in [5, 5.41) is 25.1. The molecular weight excluding hydrogens is 448 g/mol. The van der Waals surface area contributed by atoms with Crippen LogP contribution in [0.5, 0.6) is 0 Å². The van der Waals surface area contributed by atoms with E-state index in [2.05, 4.69) is 33.0 Å². The van der Waals surface area contributed by atoms with Crippen LogP contribution in [-0.2, 0) is 6.54 Å². The predicted molar refractivity (Wildman–Crippen MR) is 133 cm³/mol. The molecule has 2 aliphatic rings. The molecule has 6 nitrogen and oxygen atoms in total. The third kappa shape index (κ3) is 4.96. The van der Waals surface area contributed by atoms with Gasteiger partial charge in [-0.2, -0.15) is 0 Å². The molecule has 0 fully saturated rings. The number of rotatable bonds is 6. The van der Waals surface area contributed by atoms with E-state index in [-0.39, 0.29) is 29.3 Å². The average Bonchev–Trinajstić information content (AvgIpc) is 3.27. The van der Waals surface area contributed by atoms with Crippen molar-refractivity contribution in [1.29, 1.82) is 0 Å². The number of aromatic nitrogens is 3. The molecule has 3 N–H and O–H groups in total. The van der Waals surface area contributed by atoms with Crippen LogP contribution in [0.1, 0.15) is 30.9 Å². The molecule has 0 aliphatic carbocycles. The molecule has 1 unspecified atom stereocenters. The normalized spacial score (nSPS) is 17.1. The Morgan fingerprint density at radius 1 is 0.857 bits per heavy atom. The first-order valence-electron chi connectivity index (χ1n) is 12.0. The molecule has 0 spiro atoms. The van der Waals surface area contributed by atoms with Gasteiger partial charge in [0.2, 0.25) is 0 Å². The number of hydrogen-bond donors (Lipinski definition) is 3. The lowest BCUT2D eigenvalue weighted by molar-refractivity contribution is 0.174. The van der Waals surface area contributed by atoms with E-state index in [0.29, 0.717) is 0 Å². The van der Waals surface area contributed by atoms with Gasteiger partial charge in [0.1, 0.15) is 11.6 Å². The minimum Gasteiger partial charge on any atom is -0.392 e. The Labute approximate surface area is 203 Å². The molecule has 1 atom stereocenters. The van der Waals surface area contributed by atoms with Crippen molar-refractivity contribution in [3.05, 3.63) is 71.3 Å². The minimum absolute atomic E-state index is 0.105. The molecular formula is C27H29F2N5O. The third-order valence-corrected chi connectivity index (χ3v) is 6.49. The van der Waals surface area contributed by atoms with Crippen LogP contribution in [0, 0.1) is 11.6 Å². The van der Waals surface area contributed by atoms with Crippen LogP contribution in [-0.4, -0.2) is 52.2 Å². The molecule has 0 bridgehead atoms. The molecule has 2 aliphatic heterocycles. The lowest BCUT2D eigenvalue weighted by atomic mass is 9.98. The largest absolute Gasteiger partial charge is 0.392 e. The smallest absolute Gasteiger partial charge is 0.167 e. The molecule has 182 valence electrons. The Morgan fingerprint density at radius 3 is 1.71 bits per heavy atom. The van der Waals surface area contributed by atoms with Gasteiger partial charge in [0, 0.05) is 13.1 Å². The second-order valence-corrected chi connectivity index (χ2v) is 9.06. The van der Waals surface area contributed by atoms with Gasteiger partial charge in [-0.3, -0.25) is 0 Å². The Balaban J connectivity index is 1.53. The van der Waals surface area contributed by atoms with Crippen molar-refractivity contribution in [2.24, 2.45) is 0 Å². The van der Waals surface area contributed by atoms with Gasteiger partial charge in [0.05, 0.1) is 23.8 Å². The van der Waals surface area contributed by atoms with E-state index in [1.165, 1.54) is 12.1 Å². The Kier molecular flexibility index (Phi) is 6.86. The molecule has 8 heteroatoms. The summed E-state index contributed by atoms with van der Waals surface area (Å²) in [6.07, 6.45) is 5.05. The fourth-order valence-electron chi connectivity index (χ4n) is 4.70. The van der Waals surface area contributed by atoms with Crippen LogP contribution >= 0.6 is 0 Å². The minimum atomic E-state index is -0.757. The Morgan fingerprint density at radius 2 is 1.34 bits per heavy atom. The van der Waals surface area contributed by atoms with Gasteiger partial charge in [0.25, 0.3) is 0 Å². The SMILES string of the molecule is CC(O)Cn1c(-c2ccc(C3=CCNCC3)cc2F)nnc1-c1ccc(C2=CCNCC2)cc1F. The first kappa shape index (κ1) is 23.5. The van der Waals surface area contributed by atoms with E-state index in [1.54, 1.807) is 23.6 Å². The molecule has 0 saturated carbocycles. The zero-order valence-corrected chi connectivity index (χ0v) is 19.7. The van der Waals surface area contributed by atoms with Crippen molar-refractivity contribution in [2.45, 2.75) is 32.4 Å². The molecule has 35 heavy (non-hydrogen) atoms. The fraction of sp³-hybridized carbons (Fsp3) is 0.333. The summed E-state index contributed by atoms with van der Waals surface area (Å²) in [5.74, 6) is -0.342. The average molecular weight is 478 g/mol. The van der Waals surface area contributed by atoms with Crippen LogP contribution in [0.3, 0.4) is 0 Å². The van der Waals surface area contributed by atoms with Gasteiger partial charge in [0.15, 0.2) is 11.6 Å². The summed E-state index contributed by atoms with van der Waals surface area (Å²) in [4.78, 5) is 0. The third-order valence-electron chi connectivity index (χ3n) is 6.49. The Bertz CT molecular complexity index is 1200. The van der Waals surface area contributed by atoms with Crippen molar-refractivity contribution < 1.29 is 13.9 Å². The highest BCUT2D eigenvalue weighted by atomic mass is 19.1. The second kappa shape index (κ2) is 10.2. The topological polar surface area (TPSA) is 75.0 Å². The second-order valence-electron chi connectivity index (χ2n) is 9.06. The standard InChI is InChI=1S/C27H29F2N5O/c1-17(35)16-34-26(22-4-2-20(14-24(22)28)18-6-10-30-11-7-18)32-33-27(34)23-5-3-21(15-25(23)29)19-8-12-31-13-9-19/h2-6,8,14-15,17,30-31,35H,7,9-13,16H2,1H3. The highest BCUT2D eigenvalue weighted by molar-refractivity contribution is 5.72. The number of nitrogens with one attached hydrogen (secondary N) is 2. The van der Waals surface area contributed by atoms with Crippen molar-refractivity contribution in [3.8, 4) is 22.8 Å². The number of benzene rings is 2. The molecule has 2 aromatic carbocycles. The number of hydrogen-bond acceptors (Lipinski definition) is 5. The summed E-state index contributed by atoms with van der Waals surface area (Å²) >= 11 is 0. The maximum Gasteiger partial charge on any atom is 0.167 e. The quantitative estimate of drug-likeness (QED) is 0.500. The van der Waals surface area contributed by atoms with Crippen molar-refractivity contribution in [1.82, 2.24) is 25.4 Å². The number of aliphatic hydroxyl groups excluding tert-OH is 1. The van der Waals surface area contributed by atoms with Crippen LogP contribution in [0.25, 0.3) is 33.9 Å². The van der Waals surface area contributed by atoms with Crippen molar-refractivity contribution in [3.63, 3.8) is 0 Å². The molecule has 3 aromatic rings. The first-order chi connectivity index (χ1) is 17.0. The van der Waals surface area contributed by atoms with E-state index in [0.717, 1.165) is 61.3 Å². The van der Waals surface area contributed by atoms with Crippen LogP contribution in [0.2, 0.25) is 0 Å². The van der Waals surface area contributed by atoms with Crippen LogP contribution in [0.4, 0.5) is 8.78 Å². The zero-order valence-electron chi connectivity index (χ0n) is 19.7. The number of aliphatic hydroxyl groups is 1. The summed E-state index contributed by atoms with van der Waals surface area (Å²) in [6, 6.07) is 10.1. The first-order valence-corrected chi connectivity index (χ1v) is 12.0. The monoisotopic (exact) mass is 477 g/mol. The lowest BCUT2D eigenvalue weighted by Crippen LogP contribution is -2.20. The van der Waals surface area contributed by atoms with E-state index in [9.17, 15) is 5.11 Å². The van der Waals surface area contributed by atoms with Crippen molar-refractivity contribution in [2.75, 3.05) is 26.2 Å². The molecule has 1 aromatic heterocycles. The summed E-state index contributed by atoms with van der Waals surface area (Å²) in [6.45, 7) is 4.99. The summed E-state index contributed by atoms with van der Waals surface area (Å²) < 4.78 is 32.2. The maximum absolute atomic E-state index is 15.3. The van der Waals surface area contributed by atoms with Gasteiger partial charge in [-0.25, -0.2) is 8.78 Å². The molecule has 0 amide bonds. The zero-order chi connectivity index (χ0) is 24.4. The lowest BCUT2D eigenvalue weighted by Gasteiger charge is -2.17. The van der Waals surface area contributed by atoms with Gasteiger partial charge < -0.3 is 20.3 Å². The van der Waals surface area contributed by atoms with E-state index in [4.69, 9.17) is 0 Å². The highest BCUT2D eigenvalue weighted by Gasteiger charge is 2.22. The fourth-order valence-corrected chi connectivity index (χ4v) is 4.70. The van der Waals surface area contributed by atoms with Crippen molar-refractivity contribution >= 4 is 11.1 Å². The van der Waals surface area contributed by atoms with E-state index in [1.807, 2.05) is 12.1 Å². The molecule has 5 rings (SSSR count). The van der Waals surface area contributed by atoms with Gasteiger partial charge in [-0.1, -0.05) is 24.3 Å². The highest BCUT2D eigenvalue weighted by Crippen LogP contribution is 2.32. The Hall–Kier alpha value is -3.20. The van der Waals surface area contributed by atoms with E-state index < -0.39 is 17.7 Å².